The summed E-state index contributed by atoms with van der Waals surface area (Å²) in [5.41, 5.74) is 5.15. The lowest BCUT2D eigenvalue weighted by molar-refractivity contribution is 0.102. The Balaban J connectivity index is 1.86. The van der Waals surface area contributed by atoms with Crippen LogP contribution >= 0.6 is 0 Å². The first-order valence-electron chi connectivity index (χ1n) is 10.3. The molecule has 4 nitrogen and oxygen atoms in total. The maximum atomic E-state index is 13.2. The highest BCUT2D eigenvalue weighted by molar-refractivity contribution is 6.07. The van der Waals surface area contributed by atoms with Gasteiger partial charge >= 0.3 is 0 Å². The summed E-state index contributed by atoms with van der Waals surface area (Å²) in [5, 5.41) is 3.19. The average molecular weight is 380 g/mol. The maximum absolute atomic E-state index is 13.2. The largest absolute Gasteiger partial charge is 0.367 e. The fraction of sp³-hybridized carbons (Fsp3) is 0.458. The van der Waals surface area contributed by atoms with Crippen molar-refractivity contribution in [2.75, 3.05) is 43.4 Å². The molecule has 2 aromatic rings. The second-order valence-corrected chi connectivity index (χ2v) is 8.42. The highest BCUT2D eigenvalue weighted by Crippen LogP contribution is 2.29. The van der Waals surface area contributed by atoms with Crippen LogP contribution < -0.4 is 10.2 Å². The van der Waals surface area contributed by atoms with Gasteiger partial charge in [0.2, 0.25) is 0 Å². The second-order valence-electron chi connectivity index (χ2n) is 8.42. The number of amides is 1. The van der Waals surface area contributed by atoms with Gasteiger partial charge in [-0.3, -0.25) is 4.79 Å². The molecule has 1 aliphatic heterocycles. The molecule has 0 aromatic heterocycles. The Morgan fingerprint density at radius 3 is 2.25 bits per heavy atom. The van der Waals surface area contributed by atoms with Gasteiger partial charge in [0.15, 0.2) is 0 Å². The van der Waals surface area contributed by atoms with Crippen LogP contribution in [0.3, 0.4) is 0 Å². The number of nitrogens with zero attached hydrogens (tertiary/aromatic N) is 2. The minimum absolute atomic E-state index is 0.0272. The van der Waals surface area contributed by atoms with E-state index in [1.165, 1.54) is 5.56 Å². The number of carbonyl (C=O) groups excluding carboxylic acids is 1. The second kappa shape index (κ2) is 8.78. The summed E-state index contributed by atoms with van der Waals surface area (Å²) in [6.07, 6.45) is 0. The Labute approximate surface area is 169 Å². The lowest BCUT2D eigenvalue weighted by Crippen LogP contribution is -2.44. The van der Waals surface area contributed by atoms with Crippen LogP contribution in [0.2, 0.25) is 0 Å². The highest BCUT2D eigenvalue weighted by Gasteiger charge is 2.20. The van der Waals surface area contributed by atoms with Crippen LogP contribution in [0.5, 0.6) is 0 Å². The normalized spacial score (nSPS) is 15.3. The Morgan fingerprint density at radius 2 is 1.61 bits per heavy atom. The average Bonchev–Trinajstić information content (AvgIpc) is 2.68. The summed E-state index contributed by atoms with van der Waals surface area (Å²) in [6.45, 7) is 12.7. The van der Waals surface area contributed by atoms with Crippen LogP contribution in [0.4, 0.5) is 11.4 Å². The molecule has 0 unspecified atom stereocenters. The van der Waals surface area contributed by atoms with E-state index in [2.05, 4.69) is 68.1 Å². The van der Waals surface area contributed by atoms with Crippen LogP contribution in [0, 0.1) is 0 Å². The van der Waals surface area contributed by atoms with Gasteiger partial charge < -0.3 is 15.1 Å². The SMILES string of the molecule is CC(C)c1ccc(C(=O)Nc2ccccc2N2CCN(C)CC2)c(C(C)C)c1. The minimum atomic E-state index is -0.0272. The summed E-state index contributed by atoms with van der Waals surface area (Å²) < 4.78 is 0. The third-order valence-corrected chi connectivity index (χ3v) is 5.61. The molecule has 0 radical (unpaired) electrons. The first kappa shape index (κ1) is 20.4. The van der Waals surface area contributed by atoms with E-state index in [1.807, 2.05) is 24.3 Å². The molecule has 0 aliphatic carbocycles. The molecule has 0 bridgehead atoms. The quantitative estimate of drug-likeness (QED) is 0.799. The molecule has 1 saturated heterocycles. The van der Waals surface area contributed by atoms with Crippen molar-refractivity contribution in [1.82, 2.24) is 4.90 Å². The third kappa shape index (κ3) is 4.56. The Kier molecular flexibility index (Phi) is 6.40. The van der Waals surface area contributed by atoms with Gasteiger partial charge in [0, 0.05) is 31.7 Å². The first-order chi connectivity index (χ1) is 13.4. The third-order valence-electron chi connectivity index (χ3n) is 5.61. The van der Waals surface area contributed by atoms with Gasteiger partial charge in [-0.05, 0) is 48.2 Å². The van der Waals surface area contributed by atoms with Crippen molar-refractivity contribution in [2.24, 2.45) is 0 Å². The predicted molar refractivity (Wildman–Crippen MR) is 119 cm³/mol. The Hall–Kier alpha value is -2.33. The van der Waals surface area contributed by atoms with Crippen LogP contribution in [0.1, 0.15) is 61.0 Å². The molecule has 1 N–H and O–H groups in total. The fourth-order valence-corrected chi connectivity index (χ4v) is 3.72. The fourth-order valence-electron chi connectivity index (χ4n) is 3.72. The number of nitrogens with one attached hydrogen (secondary N) is 1. The van der Waals surface area contributed by atoms with Crippen molar-refractivity contribution in [3.05, 3.63) is 59.2 Å². The van der Waals surface area contributed by atoms with E-state index in [4.69, 9.17) is 0 Å². The van der Waals surface area contributed by atoms with E-state index in [9.17, 15) is 4.79 Å². The van der Waals surface area contributed by atoms with Crippen molar-refractivity contribution in [3.63, 3.8) is 0 Å². The van der Waals surface area contributed by atoms with Gasteiger partial charge in [-0.2, -0.15) is 0 Å². The Morgan fingerprint density at radius 1 is 0.929 bits per heavy atom. The predicted octanol–water partition coefficient (Wildman–Crippen LogP) is 4.94. The van der Waals surface area contributed by atoms with Crippen LogP contribution in [0.15, 0.2) is 42.5 Å². The summed E-state index contributed by atoms with van der Waals surface area (Å²) in [6, 6.07) is 14.4. The van der Waals surface area contributed by atoms with Gasteiger partial charge in [0.1, 0.15) is 0 Å². The molecule has 28 heavy (non-hydrogen) atoms. The smallest absolute Gasteiger partial charge is 0.256 e. The van der Waals surface area contributed by atoms with Gasteiger partial charge in [0.05, 0.1) is 11.4 Å². The lowest BCUT2D eigenvalue weighted by Gasteiger charge is -2.35. The van der Waals surface area contributed by atoms with Crippen LogP contribution in [-0.4, -0.2) is 44.0 Å². The number of para-hydroxylation sites is 2. The molecule has 4 heteroatoms. The highest BCUT2D eigenvalue weighted by atomic mass is 16.1. The van der Waals surface area contributed by atoms with Gasteiger partial charge in [-0.15, -0.1) is 0 Å². The van der Waals surface area contributed by atoms with Gasteiger partial charge in [0.25, 0.3) is 5.91 Å². The molecular weight excluding hydrogens is 346 g/mol. The molecule has 1 amide bonds. The molecule has 1 fully saturated rings. The van der Waals surface area contributed by atoms with E-state index >= 15 is 0 Å². The molecular formula is C24H33N3O. The van der Waals surface area contributed by atoms with E-state index in [-0.39, 0.29) is 5.91 Å². The van der Waals surface area contributed by atoms with E-state index in [0.29, 0.717) is 11.8 Å². The van der Waals surface area contributed by atoms with Gasteiger partial charge in [-0.1, -0.05) is 52.0 Å². The topological polar surface area (TPSA) is 35.6 Å². The number of rotatable bonds is 5. The number of piperazine rings is 1. The number of hydrogen-bond donors (Lipinski definition) is 1. The molecule has 1 aliphatic rings. The molecule has 0 atom stereocenters. The zero-order valence-corrected chi connectivity index (χ0v) is 17.8. The molecule has 1 heterocycles. The van der Waals surface area contributed by atoms with Crippen molar-refractivity contribution in [2.45, 2.75) is 39.5 Å². The summed E-state index contributed by atoms with van der Waals surface area (Å²) in [4.78, 5) is 17.9. The van der Waals surface area contributed by atoms with Crippen LogP contribution in [-0.2, 0) is 0 Å². The molecule has 3 rings (SSSR count). The number of benzene rings is 2. The number of hydrogen-bond acceptors (Lipinski definition) is 3. The molecule has 0 saturated carbocycles. The summed E-state index contributed by atoms with van der Waals surface area (Å²) in [5.74, 6) is 0.723. The van der Waals surface area contributed by atoms with Crippen LogP contribution in [0.25, 0.3) is 0 Å². The summed E-state index contributed by atoms with van der Waals surface area (Å²) >= 11 is 0. The number of likely N-dealkylation sites (N-methyl/N-ethyl adjacent to an activating group) is 1. The van der Waals surface area contributed by atoms with Crippen molar-refractivity contribution >= 4 is 17.3 Å². The lowest BCUT2D eigenvalue weighted by atomic mass is 9.91. The monoisotopic (exact) mass is 379 g/mol. The minimum Gasteiger partial charge on any atom is -0.367 e. The number of anilines is 2. The molecule has 0 spiro atoms. The van der Waals surface area contributed by atoms with E-state index < -0.39 is 0 Å². The zero-order valence-electron chi connectivity index (χ0n) is 17.8. The standard InChI is InChI=1S/C24H33N3O/c1-17(2)19-10-11-20(21(16-19)18(3)4)24(28)25-22-8-6-7-9-23(22)27-14-12-26(5)13-15-27/h6-11,16-18H,12-15H2,1-5H3,(H,25,28). The number of carbonyl (C=O) groups is 1. The summed E-state index contributed by atoms with van der Waals surface area (Å²) in [7, 11) is 2.15. The first-order valence-corrected chi connectivity index (χ1v) is 10.3. The maximum Gasteiger partial charge on any atom is 0.256 e. The van der Waals surface area contributed by atoms with Crippen molar-refractivity contribution in [1.29, 1.82) is 0 Å². The van der Waals surface area contributed by atoms with Crippen molar-refractivity contribution in [3.8, 4) is 0 Å². The van der Waals surface area contributed by atoms with Crippen molar-refractivity contribution < 1.29 is 4.79 Å². The molecule has 2 aromatic carbocycles. The van der Waals surface area contributed by atoms with E-state index in [0.717, 1.165) is 48.7 Å². The molecule has 150 valence electrons. The van der Waals surface area contributed by atoms with E-state index in [1.54, 1.807) is 0 Å². The Bertz CT molecular complexity index is 820. The van der Waals surface area contributed by atoms with Gasteiger partial charge in [-0.25, -0.2) is 0 Å². The zero-order chi connectivity index (χ0) is 20.3.